The monoisotopic (exact) mass is 434 g/mol. The summed E-state index contributed by atoms with van der Waals surface area (Å²) in [6.45, 7) is 8.46. The standard InChI is InChI=1S/C26H30N2O4/c1-6-32-26(30)23-16-24(20-8-11-22(31-5)12-9-20)28(19(23)4)14-13-25(29)27-21-10-7-17(2)18(3)15-21/h7-12,15-16H,6,13-14H2,1-5H3,(H,27,29). The van der Waals surface area contributed by atoms with Crippen molar-refractivity contribution in [3.05, 3.63) is 70.9 Å². The van der Waals surface area contributed by atoms with Crippen LogP contribution in [0.3, 0.4) is 0 Å². The molecule has 0 aliphatic heterocycles. The Kier molecular flexibility index (Phi) is 7.36. The van der Waals surface area contributed by atoms with E-state index in [1.165, 1.54) is 5.56 Å². The van der Waals surface area contributed by atoms with Gasteiger partial charge < -0.3 is 19.4 Å². The molecule has 1 heterocycles. The molecule has 2 aromatic carbocycles. The van der Waals surface area contributed by atoms with Gasteiger partial charge in [-0.15, -0.1) is 0 Å². The minimum Gasteiger partial charge on any atom is -0.497 e. The van der Waals surface area contributed by atoms with Gasteiger partial charge in [0.25, 0.3) is 0 Å². The third-order valence-corrected chi connectivity index (χ3v) is 5.60. The van der Waals surface area contributed by atoms with Crippen molar-refractivity contribution >= 4 is 17.6 Å². The second kappa shape index (κ2) is 10.2. The van der Waals surface area contributed by atoms with Gasteiger partial charge in [-0.3, -0.25) is 4.79 Å². The largest absolute Gasteiger partial charge is 0.497 e. The van der Waals surface area contributed by atoms with Gasteiger partial charge in [0.05, 0.1) is 19.3 Å². The van der Waals surface area contributed by atoms with Crippen molar-refractivity contribution in [3.63, 3.8) is 0 Å². The number of aryl methyl sites for hydroxylation is 2. The average molecular weight is 435 g/mol. The van der Waals surface area contributed by atoms with Crippen LogP contribution in [0, 0.1) is 20.8 Å². The van der Waals surface area contributed by atoms with Crippen LogP contribution < -0.4 is 10.1 Å². The van der Waals surface area contributed by atoms with Crippen LogP contribution in [0.5, 0.6) is 5.75 Å². The van der Waals surface area contributed by atoms with Gasteiger partial charge in [0.2, 0.25) is 5.91 Å². The predicted molar refractivity (Wildman–Crippen MR) is 126 cm³/mol. The van der Waals surface area contributed by atoms with E-state index in [9.17, 15) is 9.59 Å². The second-order valence-corrected chi connectivity index (χ2v) is 7.73. The Bertz CT molecular complexity index is 1110. The number of aromatic nitrogens is 1. The van der Waals surface area contributed by atoms with Crippen molar-refractivity contribution in [2.75, 3.05) is 19.0 Å². The molecule has 6 nitrogen and oxygen atoms in total. The summed E-state index contributed by atoms with van der Waals surface area (Å²) in [5, 5.41) is 2.96. The molecule has 168 valence electrons. The molecule has 3 aromatic rings. The Balaban J connectivity index is 1.85. The fraction of sp³-hybridized carbons (Fsp3) is 0.308. The van der Waals surface area contributed by atoms with Crippen molar-refractivity contribution in [2.24, 2.45) is 0 Å². The molecule has 0 unspecified atom stereocenters. The number of carbonyl (C=O) groups is 2. The molecule has 0 saturated heterocycles. The van der Waals surface area contributed by atoms with E-state index in [-0.39, 0.29) is 18.3 Å². The summed E-state index contributed by atoms with van der Waals surface area (Å²) < 4.78 is 12.5. The quantitative estimate of drug-likeness (QED) is 0.489. The maximum Gasteiger partial charge on any atom is 0.339 e. The summed E-state index contributed by atoms with van der Waals surface area (Å²) in [6.07, 6.45) is 0.272. The van der Waals surface area contributed by atoms with Crippen LogP contribution in [0.25, 0.3) is 11.3 Å². The first-order chi connectivity index (χ1) is 15.3. The number of anilines is 1. The normalized spacial score (nSPS) is 10.7. The Morgan fingerprint density at radius 1 is 0.969 bits per heavy atom. The summed E-state index contributed by atoms with van der Waals surface area (Å²) in [5.41, 5.74) is 6.16. The van der Waals surface area contributed by atoms with Crippen LogP contribution in [-0.2, 0) is 16.1 Å². The second-order valence-electron chi connectivity index (χ2n) is 7.73. The predicted octanol–water partition coefficient (Wildman–Crippen LogP) is 5.29. The van der Waals surface area contributed by atoms with Crippen LogP contribution in [0.4, 0.5) is 5.69 Å². The third kappa shape index (κ3) is 5.19. The summed E-state index contributed by atoms with van der Waals surface area (Å²) in [5.74, 6) is 0.305. The van der Waals surface area contributed by atoms with Gasteiger partial charge >= 0.3 is 5.97 Å². The van der Waals surface area contributed by atoms with Crippen LogP contribution >= 0.6 is 0 Å². The number of nitrogens with zero attached hydrogens (tertiary/aromatic N) is 1. The molecule has 1 N–H and O–H groups in total. The highest BCUT2D eigenvalue weighted by molar-refractivity contribution is 5.93. The van der Waals surface area contributed by atoms with Gasteiger partial charge in [-0.1, -0.05) is 6.07 Å². The topological polar surface area (TPSA) is 69.6 Å². The van der Waals surface area contributed by atoms with E-state index in [0.29, 0.717) is 18.7 Å². The minimum atomic E-state index is -0.363. The molecule has 0 bridgehead atoms. The fourth-order valence-electron chi connectivity index (χ4n) is 3.61. The average Bonchev–Trinajstić information content (AvgIpc) is 3.11. The van der Waals surface area contributed by atoms with Crippen LogP contribution in [0.2, 0.25) is 0 Å². The van der Waals surface area contributed by atoms with Crippen molar-refractivity contribution in [2.45, 2.75) is 40.7 Å². The number of esters is 1. The first-order valence-corrected chi connectivity index (χ1v) is 10.7. The minimum absolute atomic E-state index is 0.0836. The molecule has 0 atom stereocenters. The van der Waals surface area contributed by atoms with Gasteiger partial charge in [0, 0.05) is 30.0 Å². The molecule has 0 fully saturated rings. The highest BCUT2D eigenvalue weighted by atomic mass is 16.5. The lowest BCUT2D eigenvalue weighted by atomic mass is 10.1. The van der Waals surface area contributed by atoms with Crippen LogP contribution in [0.15, 0.2) is 48.5 Å². The molecule has 0 radical (unpaired) electrons. The summed E-state index contributed by atoms with van der Waals surface area (Å²) in [7, 11) is 1.62. The Labute approximate surface area is 189 Å². The number of nitrogens with one attached hydrogen (secondary N) is 1. The smallest absolute Gasteiger partial charge is 0.339 e. The third-order valence-electron chi connectivity index (χ3n) is 5.60. The molecule has 1 amide bonds. The first-order valence-electron chi connectivity index (χ1n) is 10.7. The Morgan fingerprint density at radius 2 is 1.69 bits per heavy atom. The summed E-state index contributed by atoms with van der Waals surface area (Å²) >= 11 is 0. The Morgan fingerprint density at radius 3 is 2.31 bits per heavy atom. The number of amides is 1. The molecule has 0 saturated carbocycles. The molecule has 0 aliphatic rings. The number of hydrogen-bond acceptors (Lipinski definition) is 4. The number of hydrogen-bond donors (Lipinski definition) is 1. The van der Waals surface area contributed by atoms with E-state index in [0.717, 1.165) is 34.0 Å². The van der Waals surface area contributed by atoms with E-state index in [1.54, 1.807) is 14.0 Å². The van der Waals surface area contributed by atoms with Gasteiger partial charge in [0.15, 0.2) is 0 Å². The van der Waals surface area contributed by atoms with E-state index < -0.39 is 0 Å². The maximum atomic E-state index is 12.6. The van der Waals surface area contributed by atoms with E-state index in [2.05, 4.69) is 5.32 Å². The number of carbonyl (C=O) groups excluding carboxylic acids is 2. The highest BCUT2D eigenvalue weighted by Crippen LogP contribution is 2.28. The number of ether oxygens (including phenoxy) is 2. The fourth-order valence-corrected chi connectivity index (χ4v) is 3.61. The van der Waals surface area contributed by atoms with Gasteiger partial charge in [0.1, 0.15) is 5.75 Å². The molecule has 6 heteroatoms. The van der Waals surface area contributed by atoms with Gasteiger partial charge in [-0.25, -0.2) is 4.79 Å². The lowest BCUT2D eigenvalue weighted by molar-refractivity contribution is -0.116. The summed E-state index contributed by atoms with van der Waals surface area (Å²) in [6, 6.07) is 15.3. The van der Waals surface area contributed by atoms with Crippen LogP contribution in [0.1, 0.15) is 40.5 Å². The SMILES string of the molecule is CCOC(=O)c1cc(-c2ccc(OC)cc2)n(CCC(=O)Nc2ccc(C)c(C)c2)c1C. The van der Waals surface area contributed by atoms with E-state index >= 15 is 0 Å². The van der Waals surface area contributed by atoms with Crippen molar-refractivity contribution < 1.29 is 19.1 Å². The Hall–Kier alpha value is -3.54. The summed E-state index contributed by atoms with van der Waals surface area (Å²) in [4.78, 5) is 25.1. The molecular formula is C26H30N2O4. The molecule has 3 rings (SSSR count). The number of rotatable bonds is 8. The lowest BCUT2D eigenvalue weighted by Crippen LogP contribution is -2.16. The number of methoxy groups -OCH3 is 1. The zero-order chi connectivity index (χ0) is 23.3. The maximum absolute atomic E-state index is 12.6. The molecule has 32 heavy (non-hydrogen) atoms. The van der Waals surface area contributed by atoms with Crippen molar-refractivity contribution in [1.82, 2.24) is 4.57 Å². The molecule has 1 aromatic heterocycles. The van der Waals surface area contributed by atoms with E-state index in [1.807, 2.05) is 73.9 Å². The number of benzene rings is 2. The zero-order valence-corrected chi connectivity index (χ0v) is 19.3. The van der Waals surface area contributed by atoms with Gasteiger partial charge in [-0.2, -0.15) is 0 Å². The molecule has 0 spiro atoms. The van der Waals surface area contributed by atoms with Crippen molar-refractivity contribution in [1.29, 1.82) is 0 Å². The molecule has 0 aliphatic carbocycles. The lowest BCUT2D eigenvalue weighted by Gasteiger charge is -2.13. The van der Waals surface area contributed by atoms with Gasteiger partial charge in [-0.05, 0) is 86.8 Å². The van der Waals surface area contributed by atoms with Crippen LogP contribution in [-0.4, -0.2) is 30.2 Å². The van der Waals surface area contributed by atoms with Crippen molar-refractivity contribution in [3.8, 4) is 17.0 Å². The van der Waals surface area contributed by atoms with E-state index in [4.69, 9.17) is 9.47 Å². The molecular weight excluding hydrogens is 404 g/mol. The first kappa shape index (κ1) is 23.1. The highest BCUT2D eigenvalue weighted by Gasteiger charge is 2.20. The zero-order valence-electron chi connectivity index (χ0n) is 19.3.